The number of benzene rings is 1. The summed E-state index contributed by atoms with van der Waals surface area (Å²) in [6.07, 6.45) is 4.34. The topological polar surface area (TPSA) is 60.7 Å². The van der Waals surface area contributed by atoms with Crippen LogP contribution in [0.15, 0.2) is 53.9 Å². The van der Waals surface area contributed by atoms with E-state index in [4.69, 9.17) is 0 Å². The van der Waals surface area contributed by atoms with Crippen LogP contribution in [0, 0.1) is 5.82 Å². The van der Waals surface area contributed by atoms with E-state index in [-0.39, 0.29) is 11.5 Å². The molecule has 0 saturated heterocycles. The molecule has 0 N–H and O–H groups in total. The number of thioether (sulfide) groups is 1. The van der Waals surface area contributed by atoms with Gasteiger partial charge in [-0.3, -0.25) is 9.78 Å². The lowest BCUT2D eigenvalue weighted by molar-refractivity contribution is 0.102. The predicted octanol–water partition coefficient (Wildman–Crippen LogP) is 3.86. The van der Waals surface area contributed by atoms with Crippen molar-refractivity contribution < 1.29 is 9.18 Å². The first-order valence-corrected chi connectivity index (χ1v) is 8.92. The monoisotopic (exact) mass is 356 g/mol. The van der Waals surface area contributed by atoms with Gasteiger partial charge < -0.3 is 4.57 Å². The molecule has 0 fully saturated rings. The van der Waals surface area contributed by atoms with Crippen molar-refractivity contribution in [1.82, 2.24) is 19.7 Å². The minimum atomic E-state index is -0.412. The second-order valence-corrected chi connectivity index (χ2v) is 6.36. The number of halogens is 1. The van der Waals surface area contributed by atoms with Crippen LogP contribution in [0.25, 0.3) is 11.4 Å². The van der Waals surface area contributed by atoms with Gasteiger partial charge in [0.25, 0.3) is 0 Å². The number of hydrogen-bond acceptors (Lipinski definition) is 5. The van der Waals surface area contributed by atoms with E-state index in [0.29, 0.717) is 10.7 Å². The van der Waals surface area contributed by atoms with E-state index in [1.165, 1.54) is 30.0 Å². The van der Waals surface area contributed by atoms with Crippen molar-refractivity contribution >= 4 is 17.5 Å². The molecule has 3 aromatic rings. The Morgan fingerprint density at radius 2 is 2.00 bits per heavy atom. The first kappa shape index (κ1) is 17.3. The summed E-state index contributed by atoms with van der Waals surface area (Å²) in [7, 11) is 0. The first-order chi connectivity index (χ1) is 12.2. The predicted molar refractivity (Wildman–Crippen MR) is 95.0 cm³/mol. The highest BCUT2D eigenvalue weighted by atomic mass is 32.2. The van der Waals surface area contributed by atoms with Crippen LogP contribution in [0.5, 0.6) is 0 Å². The molecule has 128 valence electrons. The SMILES string of the molecule is CCCn1c(SCC(=O)c2cccc(F)c2)nnc1-c1ccncc1. The molecule has 0 aliphatic rings. The number of aromatic nitrogens is 4. The second-order valence-electron chi connectivity index (χ2n) is 5.42. The van der Waals surface area contributed by atoms with Crippen LogP contribution in [0.3, 0.4) is 0 Å². The van der Waals surface area contributed by atoms with Crippen molar-refractivity contribution in [1.29, 1.82) is 0 Å². The van der Waals surface area contributed by atoms with Gasteiger partial charge in [-0.1, -0.05) is 30.8 Å². The van der Waals surface area contributed by atoms with Crippen molar-refractivity contribution in [3.63, 3.8) is 0 Å². The summed E-state index contributed by atoms with van der Waals surface area (Å²) in [6, 6.07) is 9.48. The van der Waals surface area contributed by atoms with Crippen LogP contribution < -0.4 is 0 Å². The lowest BCUT2D eigenvalue weighted by atomic mass is 10.1. The second kappa shape index (κ2) is 8.02. The number of hydrogen-bond donors (Lipinski definition) is 0. The average Bonchev–Trinajstić information content (AvgIpc) is 3.03. The van der Waals surface area contributed by atoms with Gasteiger partial charge in [0, 0.05) is 30.1 Å². The Bertz CT molecular complexity index is 867. The summed E-state index contributed by atoms with van der Waals surface area (Å²) in [5, 5.41) is 9.17. The van der Waals surface area contributed by atoms with E-state index >= 15 is 0 Å². The molecule has 2 aromatic heterocycles. The van der Waals surface area contributed by atoms with Crippen LogP contribution in [0.2, 0.25) is 0 Å². The summed E-state index contributed by atoms with van der Waals surface area (Å²) in [6.45, 7) is 2.82. The number of rotatable bonds is 7. The molecule has 0 bridgehead atoms. The van der Waals surface area contributed by atoms with E-state index in [1.807, 2.05) is 16.7 Å². The maximum absolute atomic E-state index is 13.3. The van der Waals surface area contributed by atoms with Gasteiger partial charge in [-0.05, 0) is 30.7 Å². The summed E-state index contributed by atoms with van der Waals surface area (Å²) >= 11 is 1.31. The highest BCUT2D eigenvalue weighted by Gasteiger charge is 2.16. The summed E-state index contributed by atoms with van der Waals surface area (Å²) in [5.74, 6) is 0.387. The minimum absolute atomic E-state index is 0.138. The summed E-state index contributed by atoms with van der Waals surface area (Å²) < 4.78 is 15.3. The van der Waals surface area contributed by atoms with E-state index in [9.17, 15) is 9.18 Å². The third-order valence-electron chi connectivity index (χ3n) is 3.58. The van der Waals surface area contributed by atoms with Crippen molar-refractivity contribution in [2.24, 2.45) is 0 Å². The Labute approximate surface area is 149 Å². The van der Waals surface area contributed by atoms with E-state index in [1.54, 1.807) is 18.5 Å². The van der Waals surface area contributed by atoms with Crippen LogP contribution in [0.1, 0.15) is 23.7 Å². The largest absolute Gasteiger partial charge is 0.302 e. The number of carbonyl (C=O) groups excluding carboxylic acids is 1. The van der Waals surface area contributed by atoms with Crippen LogP contribution >= 0.6 is 11.8 Å². The van der Waals surface area contributed by atoms with Gasteiger partial charge in [-0.2, -0.15) is 0 Å². The minimum Gasteiger partial charge on any atom is -0.302 e. The summed E-state index contributed by atoms with van der Waals surface area (Å²) in [4.78, 5) is 16.3. The maximum Gasteiger partial charge on any atom is 0.191 e. The molecule has 0 saturated carbocycles. The maximum atomic E-state index is 13.3. The van der Waals surface area contributed by atoms with Crippen LogP contribution in [0.4, 0.5) is 4.39 Å². The van der Waals surface area contributed by atoms with Crippen molar-refractivity contribution in [3.8, 4) is 11.4 Å². The fourth-order valence-electron chi connectivity index (χ4n) is 2.41. The molecule has 1 aromatic carbocycles. The molecule has 2 heterocycles. The number of carbonyl (C=O) groups is 1. The number of Topliss-reactive ketones (excluding diaryl/α,β-unsaturated/α-hetero) is 1. The Balaban J connectivity index is 1.78. The summed E-state index contributed by atoms with van der Waals surface area (Å²) in [5.41, 5.74) is 1.29. The third kappa shape index (κ3) is 4.11. The van der Waals surface area contributed by atoms with Gasteiger partial charge in [0.2, 0.25) is 0 Å². The highest BCUT2D eigenvalue weighted by Crippen LogP contribution is 2.24. The van der Waals surface area contributed by atoms with E-state index < -0.39 is 5.82 Å². The number of ketones is 1. The van der Waals surface area contributed by atoms with Gasteiger partial charge in [-0.25, -0.2) is 4.39 Å². The Kier molecular flexibility index (Phi) is 5.55. The normalized spacial score (nSPS) is 10.8. The zero-order valence-electron chi connectivity index (χ0n) is 13.7. The lowest BCUT2D eigenvalue weighted by Gasteiger charge is -2.08. The molecule has 25 heavy (non-hydrogen) atoms. The molecule has 0 aliphatic heterocycles. The van der Waals surface area contributed by atoms with Crippen LogP contribution in [-0.4, -0.2) is 31.3 Å². The standard InChI is InChI=1S/C18H17FN4OS/c1-2-10-23-17(13-6-8-20-9-7-13)21-22-18(23)25-12-16(24)14-4-3-5-15(19)11-14/h3-9,11H,2,10,12H2,1H3. The molecule has 0 aliphatic carbocycles. The van der Waals surface area contributed by atoms with Gasteiger partial charge in [0.05, 0.1) is 5.75 Å². The Morgan fingerprint density at radius 1 is 1.20 bits per heavy atom. The van der Waals surface area contributed by atoms with E-state index in [2.05, 4.69) is 22.1 Å². The average molecular weight is 356 g/mol. The van der Waals surface area contributed by atoms with Crippen molar-refractivity contribution in [2.75, 3.05) is 5.75 Å². The molecule has 7 heteroatoms. The zero-order chi connectivity index (χ0) is 17.6. The fraction of sp³-hybridized carbons (Fsp3) is 0.222. The first-order valence-electron chi connectivity index (χ1n) is 7.94. The third-order valence-corrected chi connectivity index (χ3v) is 4.55. The molecule has 0 spiro atoms. The van der Waals surface area contributed by atoms with Crippen molar-refractivity contribution in [2.45, 2.75) is 25.0 Å². The molecule has 0 radical (unpaired) electrons. The molecule has 5 nitrogen and oxygen atoms in total. The van der Waals surface area contributed by atoms with E-state index in [0.717, 1.165) is 24.4 Å². The zero-order valence-corrected chi connectivity index (χ0v) is 14.5. The number of nitrogens with zero attached hydrogens (tertiary/aromatic N) is 4. The molecule has 0 atom stereocenters. The smallest absolute Gasteiger partial charge is 0.191 e. The highest BCUT2D eigenvalue weighted by molar-refractivity contribution is 7.99. The quantitative estimate of drug-likeness (QED) is 0.475. The molecular formula is C18H17FN4OS. The van der Waals surface area contributed by atoms with Gasteiger partial charge in [0.1, 0.15) is 5.82 Å². The number of pyridine rings is 1. The molecule has 3 rings (SSSR count). The molecule has 0 unspecified atom stereocenters. The Hall–Kier alpha value is -2.54. The molecular weight excluding hydrogens is 339 g/mol. The van der Waals surface area contributed by atoms with Crippen molar-refractivity contribution in [3.05, 3.63) is 60.2 Å². The van der Waals surface area contributed by atoms with Crippen LogP contribution in [-0.2, 0) is 6.54 Å². The lowest BCUT2D eigenvalue weighted by Crippen LogP contribution is -2.06. The van der Waals surface area contributed by atoms with Gasteiger partial charge in [0.15, 0.2) is 16.8 Å². The van der Waals surface area contributed by atoms with Gasteiger partial charge in [-0.15, -0.1) is 10.2 Å². The Morgan fingerprint density at radius 3 is 2.72 bits per heavy atom. The van der Waals surface area contributed by atoms with Gasteiger partial charge >= 0.3 is 0 Å². The molecule has 0 amide bonds. The fourth-order valence-corrected chi connectivity index (χ4v) is 3.27.